The van der Waals surface area contributed by atoms with Gasteiger partial charge in [0.05, 0.1) is 0 Å². The summed E-state index contributed by atoms with van der Waals surface area (Å²) in [5.74, 6) is 1.97. The molecule has 6 heteroatoms. The second kappa shape index (κ2) is 10.5. The van der Waals surface area contributed by atoms with Crippen molar-refractivity contribution >= 4 is 17.8 Å². The van der Waals surface area contributed by atoms with Crippen molar-refractivity contribution in [3.8, 4) is 0 Å². The lowest BCUT2D eigenvalue weighted by Gasteiger charge is -2.58. The number of amides is 4. The Balaban J connectivity index is 1.24. The van der Waals surface area contributed by atoms with Crippen LogP contribution in [0.25, 0.3) is 0 Å². The van der Waals surface area contributed by atoms with Crippen molar-refractivity contribution in [2.24, 2.45) is 34.5 Å². The molecular formula is C33H51N3O3. The quantitative estimate of drug-likeness (QED) is 0.431. The summed E-state index contributed by atoms with van der Waals surface area (Å²) < 4.78 is 0. The molecule has 6 nitrogen and oxygen atoms in total. The molecule has 0 aromatic heterocycles. The van der Waals surface area contributed by atoms with Gasteiger partial charge in [-0.25, -0.2) is 4.79 Å². The van der Waals surface area contributed by atoms with Crippen LogP contribution >= 0.6 is 0 Å². The zero-order valence-corrected chi connectivity index (χ0v) is 24.7. The molecule has 1 aliphatic heterocycles. The number of carbonyl (C=O) groups is 3. The highest BCUT2D eigenvalue weighted by Crippen LogP contribution is 2.66. The van der Waals surface area contributed by atoms with Crippen LogP contribution in [0.4, 0.5) is 4.79 Å². The van der Waals surface area contributed by atoms with Crippen molar-refractivity contribution in [3.63, 3.8) is 0 Å². The Labute approximate surface area is 235 Å². The highest BCUT2D eigenvalue weighted by Gasteiger charge is 2.61. The summed E-state index contributed by atoms with van der Waals surface area (Å²) in [7, 11) is 1.96. The number of allylic oxidation sites excluding steroid dienone is 2. The molecule has 1 saturated heterocycles. The predicted octanol–water partition coefficient (Wildman–Crippen LogP) is 6.79. The van der Waals surface area contributed by atoms with Crippen LogP contribution in [0.2, 0.25) is 0 Å². The summed E-state index contributed by atoms with van der Waals surface area (Å²) in [5, 5.41) is 3.32. The number of fused-ring (bicyclic) bond motifs is 5. The summed E-state index contributed by atoms with van der Waals surface area (Å²) in [6, 6.07) is 0.174. The van der Waals surface area contributed by atoms with Gasteiger partial charge in [-0.3, -0.25) is 14.5 Å². The van der Waals surface area contributed by atoms with E-state index >= 15 is 0 Å². The van der Waals surface area contributed by atoms with Crippen molar-refractivity contribution < 1.29 is 14.4 Å². The molecule has 0 bridgehead atoms. The van der Waals surface area contributed by atoms with E-state index in [-0.39, 0.29) is 46.7 Å². The molecule has 6 atom stereocenters. The highest BCUT2D eigenvalue weighted by atomic mass is 16.2. The molecule has 4 saturated carbocycles. The van der Waals surface area contributed by atoms with Gasteiger partial charge in [-0.05, 0) is 87.4 Å². The van der Waals surface area contributed by atoms with Gasteiger partial charge in [0, 0.05) is 42.6 Å². The lowest BCUT2D eigenvalue weighted by atomic mass is 9.49. The monoisotopic (exact) mass is 537 g/mol. The number of hydrogen-bond donors (Lipinski definition) is 1. The number of urea groups is 1. The second-order valence-corrected chi connectivity index (χ2v) is 14.5. The van der Waals surface area contributed by atoms with Crippen molar-refractivity contribution in [1.82, 2.24) is 15.1 Å². The fourth-order valence-corrected chi connectivity index (χ4v) is 10.4. The standard InChI is InChI=1S/C33H51N3O3/c1-32-20-18-26-24(14-17-28-33(26,2)21-19-29(37)35(28)3)25(32)15-16-27(32)30(38)36(23-12-8-5-9-13-23)31(39)34-22-10-6-4-7-11-22/h17,22-27H,4-16,18-21H2,1-3H3,(H,34,39)/t24-,25-,26-,27+,32-,33+/m0/s1. The SMILES string of the molecule is CN1C(=O)CC[C@@]2(C)C1=CC[C@H]1[C@@H]3CC[C@H](C(=O)N(C(=O)NC4CCCCC4)C4CCCCC4)[C@@]3(C)CC[C@@H]12. The maximum atomic E-state index is 14.5. The topological polar surface area (TPSA) is 69.7 Å². The number of rotatable bonds is 3. The van der Waals surface area contributed by atoms with Gasteiger partial charge in [-0.15, -0.1) is 0 Å². The second-order valence-electron chi connectivity index (χ2n) is 14.5. The Hall–Kier alpha value is -1.85. The molecule has 1 heterocycles. The molecule has 216 valence electrons. The molecule has 1 N–H and O–H groups in total. The van der Waals surface area contributed by atoms with E-state index in [0.29, 0.717) is 24.2 Å². The molecule has 5 aliphatic carbocycles. The fraction of sp³-hybridized carbons (Fsp3) is 0.848. The van der Waals surface area contributed by atoms with E-state index in [2.05, 4.69) is 25.2 Å². The third kappa shape index (κ3) is 4.56. The maximum Gasteiger partial charge on any atom is 0.324 e. The summed E-state index contributed by atoms with van der Waals surface area (Å²) in [5.41, 5.74) is 1.26. The van der Waals surface area contributed by atoms with Crippen LogP contribution < -0.4 is 5.32 Å². The van der Waals surface area contributed by atoms with E-state index in [1.165, 1.54) is 31.4 Å². The average molecular weight is 538 g/mol. The zero-order chi connectivity index (χ0) is 27.4. The lowest BCUT2D eigenvalue weighted by molar-refractivity contribution is -0.144. The van der Waals surface area contributed by atoms with Crippen LogP contribution in [0.3, 0.4) is 0 Å². The molecule has 0 spiro atoms. The van der Waals surface area contributed by atoms with E-state index in [1.807, 2.05) is 11.9 Å². The largest absolute Gasteiger partial charge is 0.335 e. The third-order valence-corrected chi connectivity index (χ3v) is 12.6. The molecule has 0 radical (unpaired) electrons. The predicted molar refractivity (Wildman–Crippen MR) is 152 cm³/mol. The Bertz CT molecular complexity index is 1010. The van der Waals surface area contributed by atoms with Gasteiger partial charge in [0.25, 0.3) is 0 Å². The first kappa shape index (κ1) is 27.3. The van der Waals surface area contributed by atoms with Gasteiger partial charge < -0.3 is 10.2 Å². The normalized spacial score (nSPS) is 39.3. The molecule has 6 aliphatic rings. The first-order chi connectivity index (χ1) is 18.7. The molecule has 4 amide bonds. The Kier molecular flexibility index (Phi) is 7.37. The number of imide groups is 1. The van der Waals surface area contributed by atoms with Crippen LogP contribution in [0.5, 0.6) is 0 Å². The average Bonchev–Trinajstić information content (AvgIpc) is 3.29. The van der Waals surface area contributed by atoms with Crippen LogP contribution in [-0.4, -0.2) is 46.8 Å². The minimum absolute atomic E-state index is 0.0472. The Morgan fingerprint density at radius 2 is 1.59 bits per heavy atom. The van der Waals surface area contributed by atoms with Crippen LogP contribution in [-0.2, 0) is 9.59 Å². The molecule has 5 fully saturated rings. The number of nitrogens with zero attached hydrogens (tertiary/aromatic N) is 2. The molecular weight excluding hydrogens is 486 g/mol. The minimum atomic E-state index is -0.104. The summed E-state index contributed by atoms with van der Waals surface area (Å²) >= 11 is 0. The number of hydrogen-bond acceptors (Lipinski definition) is 3. The number of carbonyl (C=O) groups excluding carboxylic acids is 3. The van der Waals surface area contributed by atoms with Crippen LogP contribution in [0, 0.1) is 34.5 Å². The smallest absolute Gasteiger partial charge is 0.324 e. The first-order valence-corrected chi connectivity index (χ1v) is 16.3. The van der Waals surface area contributed by atoms with Crippen LogP contribution in [0.15, 0.2) is 11.8 Å². The van der Waals surface area contributed by atoms with Gasteiger partial charge in [0.2, 0.25) is 11.8 Å². The van der Waals surface area contributed by atoms with Crippen LogP contribution in [0.1, 0.15) is 123 Å². The van der Waals surface area contributed by atoms with E-state index in [0.717, 1.165) is 77.0 Å². The highest BCUT2D eigenvalue weighted by molar-refractivity contribution is 5.96. The van der Waals surface area contributed by atoms with Crippen molar-refractivity contribution in [3.05, 3.63) is 11.8 Å². The molecule has 0 aromatic carbocycles. The number of likely N-dealkylation sites (tertiary alicyclic amines) is 1. The minimum Gasteiger partial charge on any atom is -0.335 e. The van der Waals surface area contributed by atoms with Gasteiger partial charge in [-0.1, -0.05) is 58.4 Å². The maximum absolute atomic E-state index is 14.5. The number of piperidine rings is 1. The Morgan fingerprint density at radius 3 is 2.31 bits per heavy atom. The van der Waals surface area contributed by atoms with E-state index in [4.69, 9.17) is 0 Å². The van der Waals surface area contributed by atoms with Gasteiger partial charge in [0.1, 0.15) is 0 Å². The summed E-state index contributed by atoms with van der Waals surface area (Å²) in [4.78, 5) is 44.5. The van der Waals surface area contributed by atoms with Crippen molar-refractivity contribution in [1.29, 1.82) is 0 Å². The summed E-state index contributed by atoms with van der Waals surface area (Å²) in [6.45, 7) is 4.79. The van der Waals surface area contributed by atoms with E-state index < -0.39 is 0 Å². The zero-order valence-electron chi connectivity index (χ0n) is 24.7. The summed E-state index contributed by atoms with van der Waals surface area (Å²) in [6.07, 6.45) is 20.2. The first-order valence-electron chi connectivity index (χ1n) is 16.3. The van der Waals surface area contributed by atoms with Crippen molar-refractivity contribution in [2.75, 3.05) is 7.05 Å². The van der Waals surface area contributed by atoms with Gasteiger partial charge in [-0.2, -0.15) is 0 Å². The van der Waals surface area contributed by atoms with Gasteiger partial charge >= 0.3 is 6.03 Å². The lowest BCUT2D eigenvalue weighted by Crippen LogP contribution is -2.57. The van der Waals surface area contributed by atoms with Gasteiger partial charge in [0.15, 0.2) is 0 Å². The number of nitrogens with one attached hydrogen (secondary N) is 1. The molecule has 6 rings (SSSR count). The van der Waals surface area contributed by atoms with Crippen molar-refractivity contribution in [2.45, 2.75) is 135 Å². The molecule has 0 aromatic rings. The Morgan fingerprint density at radius 1 is 0.897 bits per heavy atom. The van der Waals surface area contributed by atoms with E-state index in [1.54, 1.807) is 4.90 Å². The third-order valence-electron chi connectivity index (χ3n) is 12.6. The van der Waals surface area contributed by atoms with E-state index in [9.17, 15) is 14.4 Å². The fourth-order valence-electron chi connectivity index (χ4n) is 10.4. The molecule has 0 unspecified atom stereocenters. The molecule has 39 heavy (non-hydrogen) atoms.